The first-order chi connectivity index (χ1) is 19.7. The molecule has 3 aromatic carbocycles. The third-order valence-electron chi connectivity index (χ3n) is 7.04. The molecule has 0 bridgehead atoms. The Balaban J connectivity index is 1.52. The number of aliphatic imine (C=N–C) groups is 1. The number of sulfone groups is 1. The van der Waals surface area contributed by atoms with Crippen molar-refractivity contribution in [3.8, 4) is 5.75 Å². The summed E-state index contributed by atoms with van der Waals surface area (Å²) in [4.78, 5) is 18.6. The van der Waals surface area contributed by atoms with E-state index < -0.39 is 27.4 Å². The molecule has 3 N–H and O–H groups in total. The molecule has 0 saturated carbocycles. The molecule has 1 aliphatic rings. The first kappa shape index (κ1) is 30.2. The number of aliphatic hydroxyl groups excluding tert-OH is 1. The molecule has 0 aromatic heterocycles. The van der Waals surface area contributed by atoms with Gasteiger partial charge in [0.15, 0.2) is 15.4 Å². The van der Waals surface area contributed by atoms with E-state index in [0.29, 0.717) is 37.3 Å². The summed E-state index contributed by atoms with van der Waals surface area (Å²) in [5.74, 6) is 0.141. The second-order valence-corrected chi connectivity index (χ2v) is 12.2. The van der Waals surface area contributed by atoms with Crippen LogP contribution in [0.25, 0.3) is 0 Å². The van der Waals surface area contributed by atoms with Crippen molar-refractivity contribution in [3.05, 3.63) is 95.6 Å². The minimum absolute atomic E-state index is 0.0472. The Morgan fingerprint density at radius 3 is 2.44 bits per heavy atom. The van der Waals surface area contributed by atoms with Crippen LogP contribution in [-0.2, 0) is 25.8 Å². The number of benzene rings is 3. The predicted molar refractivity (Wildman–Crippen MR) is 158 cm³/mol. The average molecular weight is 580 g/mol. The van der Waals surface area contributed by atoms with Crippen LogP contribution in [0.3, 0.4) is 0 Å². The number of aliphatic hydroxyl groups is 1. The monoisotopic (exact) mass is 579 g/mol. The summed E-state index contributed by atoms with van der Waals surface area (Å²) < 4.78 is 37.9. The number of rotatable bonds is 14. The molecule has 0 fully saturated rings. The van der Waals surface area contributed by atoms with E-state index in [1.54, 1.807) is 61.5 Å². The lowest BCUT2D eigenvalue weighted by atomic mass is 9.90. The largest absolute Gasteiger partial charge is 0.494 e. The number of amides is 1. The van der Waals surface area contributed by atoms with E-state index in [2.05, 4.69) is 10.9 Å². The average Bonchev–Trinajstić information content (AvgIpc) is 3.33. The van der Waals surface area contributed by atoms with E-state index >= 15 is 0 Å². The number of hydrogen-bond donors (Lipinski definition) is 3. The highest BCUT2D eigenvalue weighted by Crippen LogP contribution is 2.33. The summed E-state index contributed by atoms with van der Waals surface area (Å²) >= 11 is 0. The third kappa shape index (κ3) is 7.72. The quantitative estimate of drug-likeness (QED) is 0.197. The Labute approximate surface area is 241 Å². The van der Waals surface area contributed by atoms with Crippen LogP contribution >= 0.6 is 0 Å². The predicted octanol–water partition coefficient (Wildman–Crippen LogP) is 3.39. The van der Waals surface area contributed by atoms with Crippen molar-refractivity contribution in [1.29, 1.82) is 0 Å². The number of hydrazine groups is 1. The topological polar surface area (TPSA) is 126 Å². The fourth-order valence-electron chi connectivity index (χ4n) is 4.50. The van der Waals surface area contributed by atoms with Crippen LogP contribution in [0.5, 0.6) is 5.75 Å². The van der Waals surface area contributed by atoms with Crippen molar-refractivity contribution in [2.45, 2.75) is 49.6 Å². The maximum atomic E-state index is 13.7. The van der Waals surface area contributed by atoms with E-state index in [4.69, 9.17) is 19.6 Å². The van der Waals surface area contributed by atoms with E-state index in [1.807, 2.05) is 31.2 Å². The number of ether oxygens (including phenoxy) is 2. The van der Waals surface area contributed by atoms with Gasteiger partial charge in [-0.2, -0.15) is 0 Å². The molecule has 1 heterocycles. The molecule has 0 aliphatic carbocycles. The standard InChI is InChI=1S/C31H37N3O6S/c1-23-9-11-25(12-10-23)17-19-32-34-30(36)31(18-22-41(37,38)28-7-4-3-5-8-28)24(2)40-29(33-31)26-13-15-27(16-14-26)39-21-6-20-35/h3-5,7-16,24,32,35H,6,17-22H2,1-2H3,(H,34,36)/t24-,31-/m0/s1. The molecule has 0 spiro atoms. The van der Waals surface area contributed by atoms with Gasteiger partial charge in [-0.15, -0.1) is 0 Å². The maximum Gasteiger partial charge on any atom is 0.266 e. The zero-order valence-corrected chi connectivity index (χ0v) is 24.2. The molecule has 10 heteroatoms. The molecular weight excluding hydrogens is 542 g/mol. The second-order valence-electron chi connectivity index (χ2n) is 10.0. The molecule has 218 valence electrons. The van der Waals surface area contributed by atoms with E-state index in [9.17, 15) is 13.2 Å². The Kier molecular flexibility index (Phi) is 10.1. The molecule has 0 saturated heterocycles. The van der Waals surface area contributed by atoms with Gasteiger partial charge in [0.1, 0.15) is 11.9 Å². The first-order valence-electron chi connectivity index (χ1n) is 13.7. The van der Waals surface area contributed by atoms with Crippen molar-refractivity contribution in [2.24, 2.45) is 4.99 Å². The summed E-state index contributed by atoms with van der Waals surface area (Å²) in [6.07, 6.45) is 0.437. The fraction of sp³-hybridized carbons (Fsp3) is 0.355. The Morgan fingerprint density at radius 1 is 1.05 bits per heavy atom. The van der Waals surface area contributed by atoms with E-state index in [0.717, 1.165) is 5.56 Å². The van der Waals surface area contributed by atoms with Gasteiger partial charge in [0.05, 0.1) is 17.3 Å². The van der Waals surface area contributed by atoms with Crippen molar-refractivity contribution in [2.75, 3.05) is 25.5 Å². The van der Waals surface area contributed by atoms with Crippen LogP contribution < -0.4 is 15.6 Å². The molecular formula is C31H37N3O6S. The lowest BCUT2D eigenvalue weighted by Crippen LogP contribution is -2.55. The zero-order valence-electron chi connectivity index (χ0n) is 23.4. The van der Waals surface area contributed by atoms with Gasteiger partial charge < -0.3 is 14.6 Å². The highest BCUT2D eigenvalue weighted by atomic mass is 32.2. The molecule has 2 atom stereocenters. The molecule has 0 radical (unpaired) electrons. The van der Waals surface area contributed by atoms with E-state index in [1.165, 1.54) is 5.56 Å². The van der Waals surface area contributed by atoms with Crippen molar-refractivity contribution < 1.29 is 27.8 Å². The molecule has 1 aliphatic heterocycles. The Hall–Kier alpha value is -3.73. The number of nitrogens with one attached hydrogen (secondary N) is 2. The fourth-order valence-corrected chi connectivity index (χ4v) is 5.89. The van der Waals surface area contributed by atoms with Gasteiger partial charge in [-0.1, -0.05) is 48.0 Å². The van der Waals surface area contributed by atoms with Gasteiger partial charge >= 0.3 is 0 Å². The summed E-state index contributed by atoms with van der Waals surface area (Å²) in [7, 11) is -3.67. The maximum absolute atomic E-state index is 13.7. The van der Waals surface area contributed by atoms with Gasteiger partial charge in [-0.3, -0.25) is 10.2 Å². The summed E-state index contributed by atoms with van der Waals surface area (Å²) in [5, 5.41) is 8.95. The smallest absolute Gasteiger partial charge is 0.266 e. The van der Waals surface area contributed by atoms with Crippen LogP contribution in [0.2, 0.25) is 0 Å². The van der Waals surface area contributed by atoms with Crippen molar-refractivity contribution >= 4 is 21.6 Å². The summed E-state index contributed by atoms with van der Waals surface area (Å²) in [6.45, 7) is 4.67. The number of carbonyl (C=O) groups excluding carboxylic acids is 1. The van der Waals surface area contributed by atoms with Gasteiger partial charge in [0.25, 0.3) is 5.91 Å². The summed E-state index contributed by atoms with van der Waals surface area (Å²) in [6, 6.07) is 23.4. The normalized spacial score (nSPS) is 18.4. The summed E-state index contributed by atoms with van der Waals surface area (Å²) in [5.41, 5.74) is 7.20. The number of hydrogen-bond acceptors (Lipinski definition) is 8. The van der Waals surface area contributed by atoms with Crippen molar-refractivity contribution in [1.82, 2.24) is 10.9 Å². The minimum Gasteiger partial charge on any atom is -0.494 e. The molecule has 4 rings (SSSR count). The van der Waals surface area contributed by atoms with Gasteiger partial charge in [-0.25, -0.2) is 18.8 Å². The minimum atomic E-state index is -3.67. The van der Waals surface area contributed by atoms with Gasteiger partial charge in [0, 0.05) is 25.1 Å². The number of aryl methyl sites for hydroxylation is 1. The van der Waals surface area contributed by atoms with Crippen LogP contribution in [0, 0.1) is 6.92 Å². The lowest BCUT2D eigenvalue weighted by Gasteiger charge is -2.28. The number of carbonyl (C=O) groups is 1. The Bertz CT molecular complexity index is 1430. The highest BCUT2D eigenvalue weighted by Gasteiger charge is 2.50. The van der Waals surface area contributed by atoms with Gasteiger partial charge in [-0.05, 0) is 68.7 Å². The molecule has 1 amide bonds. The number of nitrogens with zero attached hydrogens (tertiary/aromatic N) is 1. The van der Waals surface area contributed by atoms with Crippen LogP contribution in [-0.4, -0.2) is 62.5 Å². The van der Waals surface area contributed by atoms with Crippen molar-refractivity contribution in [3.63, 3.8) is 0 Å². The van der Waals surface area contributed by atoms with Gasteiger partial charge in [0.2, 0.25) is 5.90 Å². The third-order valence-corrected chi connectivity index (χ3v) is 8.78. The SMILES string of the molecule is Cc1ccc(CCNNC(=O)[C@@]2(CCS(=O)(=O)c3ccccc3)N=C(c3ccc(OCCCO)cc3)O[C@H]2C)cc1. The van der Waals surface area contributed by atoms with Crippen LogP contribution in [0.1, 0.15) is 36.5 Å². The zero-order chi connectivity index (χ0) is 29.3. The second kappa shape index (κ2) is 13.8. The van der Waals surface area contributed by atoms with Crippen LogP contribution in [0.4, 0.5) is 0 Å². The first-order valence-corrected chi connectivity index (χ1v) is 15.4. The molecule has 9 nitrogen and oxygen atoms in total. The van der Waals surface area contributed by atoms with Crippen LogP contribution in [0.15, 0.2) is 88.8 Å². The Morgan fingerprint density at radius 2 is 1.76 bits per heavy atom. The lowest BCUT2D eigenvalue weighted by molar-refractivity contribution is -0.129. The highest BCUT2D eigenvalue weighted by molar-refractivity contribution is 7.91. The molecule has 0 unspecified atom stereocenters. The molecule has 3 aromatic rings. The molecule has 41 heavy (non-hydrogen) atoms. The van der Waals surface area contributed by atoms with E-state index in [-0.39, 0.29) is 29.6 Å².